The van der Waals surface area contributed by atoms with Gasteiger partial charge in [-0.1, -0.05) is 30.7 Å². The van der Waals surface area contributed by atoms with Gasteiger partial charge in [-0.2, -0.15) is 0 Å². The molecule has 2 N–H and O–H groups in total. The number of hydrogen-bond donors (Lipinski definition) is 2. The minimum absolute atomic E-state index is 0. The van der Waals surface area contributed by atoms with Gasteiger partial charge in [-0.05, 0) is 79.4 Å². The number of anilines is 2. The highest BCUT2D eigenvalue weighted by atomic mass is 35.5. The second-order valence-corrected chi connectivity index (χ2v) is 12.8. The molecule has 1 aromatic heterocycles. The number of aryl methyl sites for hydroxylation is 1. The van der Waals surface area contributed by atoms with E-state index < -0.39 is 10.0 Å². The number of nitrogens with zero attached hydrogens (tertiary/aromatic N) is 5. The zero-order valence-electron chi connectivity index (χ0n) is 25.7. The average molecular weight is 679 g/mol. The monoisotopic (exact) mass is 677 g/mol. The number of sulfonamides is 1. The fourth-order valence-corrected chi connectivity index (χ4v) is 5.91. The summed E-state index contributed by atoms with van der Waals surface area (Å²) in [6.07, 6.45) is 4.96. The van der Waals surface area contributed by atoms with Crippen molar-refractivity contribution in [2.75, 3.05) is 35.9 Å². The van der Waals surface area contributed by atoms with E-state index in [1.807, 2.05) is 42.3 Å². The number of carbonyl (C=O) groups is 1. The van der Waals surface area contributed by atoms with Crippen molar-refractivity contribution in [1.29, 1.82) is 0 Å². The zero-order chi connectivity index (χ0) is 30.4. The molecule has 1 saturated heterocycles. The summed E-state index contributed by atoms with van der Waals surface area (Å²) < 4.78 is 32.9. The molecule has 1 aliphatic rings. The number of benzene rings is 3. The fraction of sp³-hybridized carbons (Fsp3) is 0.387. The molecule has 1 aliphatic heterocycles. The highest BCUT2D eigenvalue weighted by molar-refractivity contribution is 7.92. The number of fused-ring (bicyclic) bond motifs is 1. The molecule has 5 rings (SSSR count). The van der Waals surface area contributed by atoms with Crippen LogP contribution in [0.2, 0.25) is 0 Å². The van der Waals surface area contributed by atoms with Crippen molar-refractivity contribution in [3.8, 4) is 11.5 Å². The molecule has 45 heavy (non-hydrogen) atoms. The van der Waals surface area contributed by atoms with Gasteiger partial charge >= 0.3 is 6.03 Å². The lowest BCUT2D eigenvalue weighted by Crippen LogP contribution is -2.49. The Morgan fingerprint density at radius 1 is 0.978 bits per heavy atom. The molecule has 244 valence electrons. The smallest absolute Gasteiger partial charge is 0.322 e. The maximum absolute atomic E-state index is 13.4. The lowest BCUT2D eigenvalue weighted by Gasteiger charge is -2.38. The molecule has 0 unspecified atom stereocenters. The second-order valence-electron chi connectivity index (χ2n) is 11.0. The third kappa shape index (κ3) is 9.95. The summed E-state index contributed by atoms with van der Waals surface area (Å²) in [6, 6.07) is 20.6. The van der Waals surface area contributed by atoms with E-state index in [0.29, 0.717) is 17.2 Å². The summed E-state index contributed by atoms with van der Waals surface area (Å²) in [5.41, 5.74) is 4.09. The van der Waals surface area contributed by atoms with Gasteiger partial charge in [-0.3, -0.25) is 9.62 Å². The van der Waals surface area contributed by atoms with Gasteiger partial charge in [0.25, 0.3) is 0 Å². The van der Waals surface area contributed by atoms with Gasteiger partial charge in [0, 0.05) is 50.6 Å². The molecule has 0 radical (unpaired) electrons. The van der Waals surface area contributed by atoms with Crippen LogP contribution in [0.15, 0.2) is 66.7 Å². The van der Waals surface area contributed by atoms with Crippen LogP contribution in [0.5, 0.6) is 11.5 Å². The number of hydrogen-bond acceptors (Lipinski definition) is 7. The number of piperidine rings is 1. The van der Waals surface area contributed by atoms with Crippen LogP contribution in [-0.2, 0) is 23.6 Å². The number of ether oxygens (including phenoxy) is 1. The molecule has 2 amide bonds. The van der Waals surface area contributed by atoms with Crippen LogP contribution < -0.4 is 14.8 Å². The van der Waals surface area contributed by atoms with Crippen LogP contribution in [-0.4, -0.2) is 71.2 Å². The van der Waals surface area contributed by atoms with Crippen LogP contribution in [0.3, 0.4) is 0 Å². The topological polar surface area (TPSA) is 122 Å². The van der Waals surface area contributed by atoms with Crippen LogP contribution in [0, 0.1) is 0 Å². The summed E-state index contributed by atoms with van der Waals surface area (Å²) in [5, 5.41) is 11.3. The van der Waals surface area contributed by atoms with E-state index in [1.54, 1.807) is 28.9 Å². The van der Waals surface area contributed by atoms with Crippen molar-refractivity contribution in [2.45, 2.75) is 45.2 Å². The first kappa shape index (κ1) is 35.9. The molecule has 4 aromatic rings. The Bertz CT molecular complexity index is 1640. The second kappa shape index (κ2) is 16.1. The Kier molecular flexibility index (Phi) is 12.9. The molecule has 0 bridgehead atoms. The Labute approximate surface area is 277 Å². The Hall–Kier alpha value is -3.58. The number of nitrogens with one attached hydrogen (secondary N) is 2. The first-order valence-electron chi connectivity index (χ1n) is 14.6. The number of unbranched alkanes of at least 4 members (excludes halogenated alkanes) is 1. The van der Waals surface area contributed by atoms with Crippen LogP contribution in [0.1, 0.15) is 38.2 Å². The quantitative estimate of drug-likeness (QED) is 0.192. The van der Waals surface area contributed by atoms with Gasteiger partial charge in [0.2, 0.25) is 10.0 Å². The minimum Gasteiger partial charge on any atom is -0.457 e. The first-order chi connectivity index (χ1) is 20.7. The van der Waals surface area contributed by atoms with Crippen LogP contribution >= 0.6 is 24.8 Å². The fourth-order valence-electron chi connectivity index (χ4n) is 5.34. The molecule has 11 nitrogen and oxygen atoms in total. The van der Waals surface area contributed by atoms with Gasteiger partial charge in [-0.15, -0.1) is 29.9 Å². The van der Waals surface area contributed by atoms with Crippen LogP contribution in [0.25, 0.3) is 11.0 Å². The molecule has 0 aliphatic carbocycles. The summed E-state index contributed by atoms with van der Waals surface area (Å²) in [4.78, 5) is 17.8. The number of urea groups is 1. The van der Waals surface area contributed by atoms with Gasteiger partial charge in [0.15, 0.2) is 0 Å². The number of amides is 2. The molecule has 14 heteroatoms. The van der Waals surface area contributed by atoms with Crippen molar-refractivity contribution >= 4 is 63.3 Å². The molecule has 0 saturated carbocycles. The normalized spacial score (nSPS) is 13.8. The number of likely N-dealkylation sites (tertiary alicyclic amines) is 1. The molecule has 1 fully saturated rings. The number of halogens is 2. The van der Waals surface area contributed by atoms with Crippen molar-refractivity contribution in [3.63, 3.8) is 0 Å². The molecule has 2 heterocycles. The van der Waals surface area contributed by atoms with Crippen molar-refractivity contribution < 1.29 is 17.9 Å². The number of rotatable bonds is 11. The Morgan fingerprint density at radius 2 is 1.60 bits per heavy atom. The van der Waals surface area contributed by atoms with E-state index in [0.717, 1.165) is 74.8 Å². The first-order valence-corrected chi connectivity index (χ1v) is 16.5. The predicted octanol–water partition coefficient (Wildman–Crippen LogP) is 6.27. The van der Waals surface area contributed by atoms with Crippen molar-refractivity contribution in [1.82, 2.24) is 24.8 Å². The number of aromatic nitrogens is 3. The molecular weight excluding hydrogens is 637 g/mol. The molecule has 0 spiro atoms. The lowest BCUT2D eigenvalue weighted by atomic mass is 10.0. The van der Waals surface area contributed by atoms with Gasteiger partial charge in [-0.25, -0.2) is 17.9 Å². The van der Waals surface area contributed by atoms with E-state index >= 15 is 0 Å². The highest BCUT2D eigenvalue weighted by Crippen LogP contribution is 2.26. The SMILES string of the molecule is CCCCN(C(=O)Nc1ccc2c(c1)nnn2C)C1CCN(Cc2ccc(Oc3ccc(NS(C)(=O)=O)cc3)cc2)CC1.Cl.Cl. The minimum atomic E-state index is -3.32. The molecule has 3 aromatic carbocycles. The van der Waals surface area contributed by atoms with E-state index in [1.165, 1.54) is 5.56 Å². The van der Waals surface area contributed by atoms with E-state index in [-0.39, 0.29) is 36.9 Å². The van der Waals surface area contributed by atoms with Gasteiger partial charge < -0.3 is 15.0 Å². The Balaban J connectivity index is 0.00000276. The summed E-state index contributed by atoms with van der Waals surface area (Å²) in [6.45, 7) is 5.54. The maximum atomic E-state index is 13.4. The summed E-state index contributed by atoms with van der Waals surface area (Å²) >= 11 is 0. The van der Waals surface area contributed by atoms with Crippen molar-refractivity contribution in [2.24, 2.45) is 7.05 Å². The van der Waals surface area contributed by atoms with Gasteiger partial charge in [0.05, 0.1) is 11.8 Å². The molecule has 0 atom stereocenters. The third-order valence-corrected chi connectivity index (χ3v) is 8.20. The average Bonchev–Trinajstić information content (AvgIpc) is 3.35. The maximum Gasteiger partial charge on any atom is 0.322 e. The zero-order valence-corrected chi connectivity index (χ0v) is 28.1. The summed E-state index contributed by atoms with van der Waals surface area (Å²) in [7, 11) is -1.47. The summed E-state index contributed by atoms with van der Waals surface area (Å²) in [5.74, 6) is 1.34. The van der Waals surface area contributed by atoms with E-state index in [9.17, 15) is 13.2 Å². The van der Waals surface area contributed by atoms with E-state index in [4.69, 9.17) is 4.74 Å². The molecular formula is C31H41Cl2N7O4S. The van der Waals surface area contributed by atoms with E-state index in [2.05, 4.69) is 44.3 Å². The highest BCUT2D eigenvalue weighted by Gasteiger charge is 2.28. The predicted molar refractivity (Wildman–Crippen MR) is 183 cm³/mol. The standard InChI is InChI=1S/C31H39N7O4S.2ClH/c1-4-5-18-38(31(39)32-25-10-15-30-29(21-25)33-35-36(30)2)26-16-19-37(20-17-26)22-23-6-11-27(12-7-23)42-28-13-8-24(9-14-28)34-43(3,40)41;;/h6-15,21,26,34H,4-5,16-20,22H2,1-3H3,(H,32,39);2*1H. The van der Waals surface area contributed by atoms with Crippen LogP contribution in [0.4, 0.5) is 16.2 Å². The largest absolute Gasteiger partial charge is 0.457 e. The van der Waals surface area contributed by atoms with Gasteiger partial charge in [0.1, 0.15) is 17.0 Å². The third-order valence-electron chi connectivity index (χ3n) is 7.60. The van der Waals surface area contributed by atoms with Crippen molar-refractivity contribution in [3.05, 3.63) is 72.3 Å². The Morgan fingerprint density at radius 3 is 2.22 bits per heavy atom. The lowest BCUT2D eigenvalue weighted by molar-refractivity contribution is 0.122. The number of carbonyl (C=O) groups excluding carboxylic acids is 1.